The lowest BCUT2D eigenvalue weighted by atomic mass is 10.1. The number of hydrogen-bond acceptors (Lipinski definition) is 3. The molecule has 2 heterocycles. The molecular weight excluding hydrogens is 268 g/mol. The molecule has 0 radical (unpaired) electrons. The Balaban J connectivity index is 1.72. The molecule has 2 aliphatic heterocycles. The lowest BCUT2D eigenvalue weighted by Crippen LogP contribution is -2.45. The molecule has 0 N–H and O–H groups in total. The molecule has 1 saturated heterocycles. The van der Waals surface area contributed by atoms with Gasteiger partial charge in [0.1, 0.15) is 0 Å². The van der Waals surface area contributed by atoms with Crippen LogP contribution in [0.5, 0.6) is 0 Å². The number of carbonyl (C=O) groups excluding carboxylic acids is 1. The second-order valence-electron chi connectivity index (χ2n) is 5.72. The van der Waals surface area contributed by atoms with Gasteiger partial charge >= 0.3 is 0 Å². The van der Waals surface area contributed by atoms with E-state index in [0.717, 1.165) is 32.5 Å². The normalized spacial score (nSPS) is 22.6. The lowest BCUT2D eigenvalue weighted by Gasteiger charge is -2.36. The van der Waals surface area contributed by atoms with Gasteiger partial charge in [0.25, 0.3) is 0 Å². The largest absolute Gasteiger partial charge is 0.360 e. The number of piperidine rings is 1. The summed E-state index contributed by atoms with van der Waals surface area (Å²) in [4.78, 5) is 18.1. The number of carbonyl (C=O) groups is 1. The van der Waals surface area contributed by atoms with Crippen LogP contribution in [0.25, 0.3) is 0 Å². The highest BCUT2D eigenvalue weighted by Gasteiger charge is 2.25. The number of amides is 1. The van der Waals surface area contributed by atoms with Crippen molar-refractivity contribution in [2.24, 2.45) is 0 Å². The highest BCUT2D eigenvalue weighted by atomic mass is 32.2. The molecule has 1 aromatic rings. The van der Waals surface area contributed by atoms with Gasteiger partial charge in [-0.1, -0.05) is 19.1 Å². The molecule has 1 unspecified atom stereocenters. The molecule has 0 spiro atoms. The van der Waals surface area contributed by atoms with Crippen molar-refractivity contribution in [3.63, 3.8) is 0 Å². The van der Waals surface area contributed by atoms with Crippen LogP contribution < -0.4 is 4.90 Å². The monoisotopic (exact) mass is 290 g/mol. The second-order valence-corrected chi connectivity index (χ2v) is 7.20. The van der Waals surface area contributed by atoms with Crippen LogP contribution in [0, 0.1) is 0 Å². The quantitative estimate of drug-likeness (QED) is 0.836. The van der Waals surface area contributed by atoms with Crippen LogP contribution in [-0.4, -0.2) is 42.2 Å². The first-order chi connectivity index (χ1) is 9.74. The van der Waals surface area contributed by atoms with Gasteiger partial charge in [-0.2, -0.15) is 0 Å². The van der Waals surface area contributed by atoms with Crippen LogP contribution in [0.4, 0.5) is 5.69 Å². The summed E-state index contributed by atoms with van der Waals surface area (Å²) in [6.45, 7) is 5.61. The zero-order valence-corrected chi connectivity index (χ0v) is 12.9. The minimum atomic E-state index is 0.290. The number of thioether (sulfide) groups is 1. The fourth-order valence-electron chi connectivity index (χ4n) is 3.04. The van der Waals surface area contributed by atoms with Crippen LogP contribution in [0.1, 0.15) is 26.2 Å². The van der Waals surface area contributed by atoms with Crippen LogP contribution in [-0.2, 0) is 4.79 Å². The van der Waals surface area contributed by atoms with Crippen molar-refractivity contribution < 1.29 is 4.79 Å². The zero-order valence-electron chi connectivity index (χ0n) is 12.0. The maximum atomic E-state index is 12.5. The van der Waals surface area contributed by atoms with E-state index in [1.165, 1.54) is 17.0 Å². The summed E-state index contributed by atoms with van der Waals surface area (Å²) in [5.41, 5.74) is 1.22. The van der Waals surface area contributed by atoms with E-state index in [4.69, 9.17) is 0 Å². The SMILES string of the molecule is CC1CN(CC(=O)N2CCCCC2)c2ccccc2S1. The third kappa shape index (κ3) is 2.95. The first-order valence-electron chi connectivity index (χ1n) is 7.52. The van der Waals surface area contributed by atoms with E-state index in [9.17, 15) is 4.79 Å². The minimum absolute atomic E-state index is 0.290. The van der Waals surface area contributed by atoms with Gasteiger partial charge in [-0.25, -0.2) is 0 Å². The predicted molar refractivity (Wildman–Crippen MR) is 84.4 cm³/mol. The molecule has 3 nitrogen and oxygen atoms in total. The summed E-state index contributed by atoms with van der Waals surface area (Å²) >= 11 is 1.91. The predicted octanol–water partition coefficient (Wildman–Crippen LogP) is 3.00. The standard InChI is InChI=1S/C16H22N2OS/c1-13-11-18(14-7-3-4-8-15(14)20-13)12-16(19)17-9-5-2-6-10-17/h3-4,7-8,13H,2,5-6,9-12H2,1H3. The Kier molecular flexibility index (Phi) is 4.20. The molecule has 1 amide bonds. The number of nitrogens with zero attached hydrogens (tertiary/aromatic N) is 2. The highest BCUT2D eigenvalue weighted by molar-refractivity contribution is 8.00. The smallest absolute Gasteiger partial charge is 0.242 e. The molecule has 4 heteroatoms. The van der Waals surface area contributed by atoms with Crippen LogP contribution >= 0.6 is 11.8 Å². The maximum Gasteiger partial charge on any atom is 0.242 e. The molecule has 1 aromatic carbocycles. The Labute approximate surface area is 125 Å². The van der Waals surface area contributed by atoms with Crippen molar-refractivity contribution in [1.82, 2.24) is 4.90 Å². The average molecular weight is 290 g/mol. The molecular formula is C16H22N2OS. The Bertz CT molecular complexity index is 485. The van der Waals surface area contributed by atoms with Gasteiger partial charge in [-0.3, -0.25) is 4.79 Å². The van der Waals surface area contributed by atoms with Crippen molar-refractivity contribution in [1.29, 1.82) is 0 Å². The van der Waals surface area contributed by atoms with Gasteiger partial charge in [-0.05, 0) is 31.4 Å². The Hall–Kier alpha value is -1.16. The lowest BCUT2D eigenvalue weighted by molar-refractivity contribution is -0.130. The van der Waals surface area contributed by atoms with E-state index in [2.05, 4.69) is 36.1 Å². The molecule has 0 aliphatic carbocycles. The molecule has 3 rings (SSSR count). The van der Waals surface area contributed by atoms with Gasteiger partial charge in [0.2, 0.25) is 5.91 Å². The fourth-order valence-corrected chi connectivity index (χ4v) is 4.20. The van der Waals surface area contributed by atoms with E-state index >= 15 is 0 Å². The molecule has 1 atom stereocenters. The van der Waals surface area contributed by atoms with E-state index < -0.39 is 0 Å². The van der Waals surface area contributed by atoms with E-state index in [1.807, 2.05) is 16.7 Å². The summed E-state index contributed by atoms with van der Waals surface area (Å²) in [5, 5.41) is 0.541. The summed E-state index contributed by atoms with van der Waals surface area (Å²) in [6.07, 6.45) is 3.59. The van der Waals surface area contributed by atoms with Crippen LogP contribution in [0.3, 0.4) is 0 Å². The Morgan fingerprint density at radius 1 is 1.25 bits per heavy atom. The highest BCUT2D eigenvalue weighted by Crippen LogP contribution is 2.37. The molecule has 0 aromatic heterocycles. The Morgan fingerprint density at radius 2 is 2.00 bits per heavy atom. The topological polar surface area (TPSA) is 23.6 Å². The summed E-state index contributed by atoms with van der Waals surface area (Å²) in [5.74, 6) is 0.290. The van der Waals surface area contributed by atoms with Crippen molar-refractivity contribution >= 4 is 23.4 Å². The fraction of sp³-hybridized carbons (Fsp3) is 0.562. The van der Waals surface area contributed by atoms with Gasteiger partial charge in [0, 0.05) is 29.8 Å². The van der Waals surface area contributed by atoms with Gasteiger partial charge in [-0.15, -0.1) is 11.8 Å². The number of fused-ring (bicyclic) bond motifs is 1. The van der Waals surface area contributed by atoms with Crippen molar-refractivity contribution in [3.8, 4) is 0 Å². The number of likely N-dealkylation sites (tertiary alicyclic amines) is 1. The van der Waals surface area contributed by atoms with Crippen LogP contribution in [0.2, 0.25) is 0 Å². The van der Waals surface area contributed by atoms with Gasteiger partial charge in [0.15, 0.2) is 0 Å². The average Bonchev–Trinajstić information content (AvgIpc) is 2.48. The number of para-hydroxylation sites is 1. The number of rotatable bonds is 2. The van der Waals surface area contributed by atoms with Gasteiger partial charge in [0.05, 0.1) is 12.2 Å². The summed E-state index contributed by atoms with van der Waals surface area (Å²) < 4.78 is 0. The minimum Gasteiger partial charge on any atom is -0.360 e. The molecule has 108 valence electrons. The molecule has 0 bridgehead atoms. The number of anilines is 1. The van der Waals surface area contributed by atoms with Crippen molar-refractivity contribution in [2.45, 2.75) is 36.3 Å². The van der Waals surface area contributed by atoms with E-state index in [-0.39, 0.29) is 0 Å². The second kappa shape index (κ2) is 6.08. The maximum absolute atomic E-state index is 12.5. The van der Waals surface area contributed by atoms with E-state index in [0.29, 0.717) is 17.7 Å². The molecule has 20 heavy (non-hydrogen) atoms. The van der Waals surface area contributed by atoms with Crippen LogP contribution in [0.15, 0.2) is 29.2 Å². The number of benzene rings is 1. The van der Waals surface area contributed by atoms with Crippen molar-refractivity contribution in [3.05, 3.63) is 24.3 Å². The Morgan fingerprint density at radius 3 is 2.80 bits per heavy atom. The first kappa shape index (κ1) is 13.8. The summed E-state index contributed by atoms with van der Waals surface area (Å²) in [7, 11) is 0. The van der Waals surface area contributed by atoms with E-state index in [1.54, 1.807) is 0 Å². The van der Waals surface area contributed by atoms with Gasteiger partial charge < -0.3 is 9.80 Å². The third-order valence-electron chi connectivity index (χ3n) is 4.05. The van der Waals surface area contributed by atoms with Crippen molar-refractivity contribution in [2.75, 3.05) is 31.1 Å². The molecule has 2 aliphatic rings. The zero-order chi connectivity index (χ0) is 13.9. The summed E-state index contributed by atoms with van der Waals surface area (Å²) in [6, 6.07) is 8.44. The first-order valence-corrected chi connectivity index (χ1v) is 8.40. The molecule has 1 fully saturated rings. The number of hydrogen-bond donors (Lipinski definition) is 0. The third-order valence-corrected chi connectivity index (χ3v) is 5.20. The molecule has 0 saturated carbocycles.